The number of aromatic nitrogens is 1. The molecule has 1 fully saturated rings. The van der Waals surface area contributed by atoms with Crippen LogP contribution in [0.3, 0.4) is 0 Å². The van der Waals surface area contributed by atoms with Gasteiger partial charge in [0, 0.05) is 6.20 Å². The first-order valence-electron chi connectivity index (χ1n) is 5.37. The lowest BCUT2D eigenvalue weighted by Gasteiger charge is -2.12. The van der Waals surface area contributed by atoms with Crippen LogP contribution < -0.4 is 5.32 Å². The Bertz CT molecular complexity index is 480. The van der Waals surface area contributed by atoms with Crippen LogP contribution in [0.2, 0.25) is 5.15 Å². The number of ether oxygens (including phenoxy) is 1. The number of carboxylic acid groups (broad SMARTS) is 1. The fourth-order valence-corrected chi connectivity index (χ4v) is 1.87. The Balaban J connectivity index is 1.98. The highest BCUT2D eigenvalue weighted by Gasteiger charge is 2.34. The molecule has 0 spiro atoms. The number of nitrogens with zero attached hydrogens (tertiary/aromatic N) is 1. The smallest absolute Gasteiger partial charge is 0.332 e. The first-order valence-corrected chi connectivity index (χ1v) is 5.75. The first-order chi connectivity index (χ1) is 8.58. The first kappa shape index (κ1) is 12.8. The molecular formula is C11H11ClN2O4. The molecule has 0 bridgehead atoms. The van der Waals surface area contributed by atoms with Crippen molar-refractivity contribution < 1.29 is 19.4 Å². The van der Waals surface area contributed by atoms with Crippen molar-refractivity contribution in [3.8, 4) is 0 Å². The Hall–Kier alpha value is -1.66. The van der Waals surface area contributed by atoms with Gasteiger partial charge in [-0.05, 0) is 25.0 Å². The normalized spacial score (nSPS) is 22.7. The predicted molar refractivity (Wildman–Crippen MR) is 63.4 cm³/mol. The van der Waals surface area contributed by atoms with Crippen molar-refractivity contribution in [3.05, 3.63) is 23.5 Å². The molecule has 7 heteroatoms. The zero-order valence-corrected chi connectivity index (χ0v) is 10.1. The van der Waals surface area contributed by atoms with Crippen LogP contribution >= 0.6 is 11.6 Å². The number of hydrogen-bond donors (Lipinski definition) is 2. The maximum Gasteiger partial charge on any atom is 0.332 e. The van der Waals surface area contributed by atoms with Crippen LogP contribution in [-0.4, -0.2) is 34.2 Å². The van der Waals surface area contributed by atoms with Crippen molar-refractivity contribution in [1.82, 2.24) is 4.98 Å². The lowest BCUT2D eigenvalue weighted by atomic mass is 10.2. The van der Waals surface area contributed by atoms with Gasteiger partial charge in [-0.25, -0.2) is 9.78 Å². The minimum atomic E-state index is -1.05. The van der Waals surface area contributed by atoms with E-state index in [1.807, 2.05) is 0 Å². The van der Waals surface area contributed by atoms with Gasteiger partial charge in [-0.15, -0.1) is 0 Å². The molecule has 96 valence electrons. The molecule has 2 heterocycles. The highest BCUT2D eigenvalue weighted by molar-refractivity contribution is 6.32. The van der Waals surface area contributed by atoms with Crippen LogP contribution in [0, 0.1) is 0 Å². The number of carbonyl (C=O) groups is 2. The van der Waals surface area contributed by atoms with Crippen LogP contribution in [0.4, 0.5) is 5.69 Å². The second-order valence-electron chi connectivity index (χ2n) is 3.86. The van der Waals surface area contributed by atoms with E-state index in [0.717, 1.165) is 0 Å². The summed E-state index contributed by atoms with van der Waals surface area (Å²) < 4.78 is 5.12. The summed E-state index contributed by atoms with van der Waals surface area (Å²) >= 11 is 5.79. The average molecular weight is 271 g/mol. The summed E-state index contributed by atoms with van der Waals surface area (Å²) in [4.78, 5) is 26.3. The molecule has 0 aromatic carbocycles. The van der Waals surface area contributed by atoms with E-state index in [1.54, 1.807) is 12.1 Å². The topological polar surface area (TPSA) is 88.5 Å². The van der Waals surface area contributed by atoms with Gasteiger partial charge in [0.15, 0.2) is 11.3 Å². The number of amides is 1. The number of anilines is 1. The Morgan fingerprint density at radius 2 is 2.17 bits per heavy atom. The molecule has 18 heavy (non-hydrogen) atoms. The third kappa shape index (κ3) is 2.77. The van der Waals surface area contributed by atoms with E-state index in [9.17, 15) is 9.59 Å². The fourth-order valence-electron chi connectivity index (χ4n) is 1.70. The van der Waals surface area contributed by atoms with Crippen LogP contribution in [0.5, 0.6) is 0 Å². The Kier molecular flexibility index (Phi) is 3.78. The van der Waals surface area contributed by atoms with Gasteiger partial charge >= 0.3 is 5.97 Å². The molecule has 2 rings (SSSR count). The lowest BCUT2D eigenvalue weighted by molar-refractivity contribution is -0.150. The molecule has 0 radical (unpaired) electrons. The number of aliphatic carboxylic acids is 1. The van der Waals surface area contributed by atoms with Gasteiger partial charge in [0.05, 0.1) is 5.69 Å². The Morgan fingerprint density at radius 1 is 1.44 bits per heavy atom. The zero-order valence-electron chi connectivity index (χ0n) is 9.30. The van der Waals surface area contributed by atoms with Crippen molar-refractivity contribution in [3.63, 3.8) is 0 Å². The molecule has 1 aliphatic rings. The summed E-state index contributed by atoms with van der Waals surface area (Å²) in [5.74, 6) is -1.46. The highest BCUT2D eigenvalue weighted by atomic mass is 35.5. The van der Waals surface area contributed by atoms with Gasteiger partial charge < -0.3 is 15.2 Å². The molecule has 2 N–H and O–H groups in total. The number of halogens is 1. The maximum atomic E-state index is 11.8. The third-order valence-electron chi connectivity index (χ3n) is 2.60. The molecule has 1 aromatic rings. The largest absolute Gasteiger partial charge is 0.479 e. The van der Waals surface area contributed by atoms with Gasteiger partial charge in [-0.3, -0.25) is 4.79 Å². The molecule has 1 amide bonds. The van der Waals surface area contributed by atoms with Crippen LogP contribution in [0.15, 0.2) is 18.3 Å². The van der Waals surface area contributed by atoms with Crippen molar-refractivity contribution in [2.45, 2.75) is 25.0 Å². The van der Waals surface area contributed by atoms with Gasteiger partial charge in [0.2, 0.25) is 0 Å². The molecule has 1 aromatic heterocycles. The summed E-state index contributed by atoms with van der Waals surface area (Å²) in [5.41, 5.74) is 0.381. The standard InChI is InChI=1S/C11H11ClN2O4/c12-9-6(2-1-5-13-9)14-10(15)7-3-4-8(18-7)11(16)17/h1-2,5,7-8H,3-4H2,(H,14,15)(H,16,17)/t7-,8+/m0/s1. The van der Waals surface area contributed by atoms with E-state index in [-0.39, 0.29) is 5.15 Å². The average Bonchev–Trinajstić information content (AvgIpc) is 2.81. The molecule has 0 saturated carbocycles. The van der Waals surface area contributed by atoms with Crippen molar-refractivity contribution in [1.29, 1.82) is 0 Å². The minimum absolute atomic E-state index is 0.179. The fraction of sp³-hybridized carbons (Fsp3) is 0.364. The van der Waals surface area contributed by atoms with E-state index in [1.165, 1.54) is 6.20 Å². The summed E-state index contributed by atoms with van der Waals surface area (Å²) in [5, 5.41) is 11.5. The van der Waals surface area contributed by atoms with E-state index in [2.05, 4.69) is 10.3 Å². The monoisotopic (exact) mass is 270 g/mol. The van der Waals surface area contributed by atoms with E-state index < -0.39 is 24.1 Å². The molecule has 1 aliphatic heterocycles. The van der Waals surface area contributed by atoms with Crippen LogP contribution in [-0.2, 0) is 14.3 Å². The van der Waals surface area contributed by atoms with Crippen molar-refractivity contribution in [2.75, 3.05) is 5.32 Å². The second kappa shape index (κ2) is 5.32. The summed E-state index contributed by atoms with van der Waals surface area (Å²) in [6, 6.07) is 3.24. The molecule has 2 atom stereocenters. The molecule has 6 nitrogen and oxygen atoms in total. The number of nitrogens with one attached hydrogen (secondary N) is 1. The maximum absolute atomic E-state index is 11.8. The van der Waals surface area contributed by atoms with Crippen molar-refractivity contribution >= 4 is 29.2 Å². The number of hydrogen-bond acceptors (Lipinski definition) is 4. The summed E-state index contributed by atoms with van der Waals surface area (Å²) in [6.07, 6.45) is 0.534. The van der Waals surface area contributed by atoms with Gasteiger partial charge in [0.25, 0.3) is 5.91 Å². The third-order valence-corrected chi connectivity index (χ3v) is 2.91. The van der Waals surface area contributed by atoms with E-state index in [0.29, 0.717) is 18.5 Å². The van der Waals surface area contributed by atoms with Crippen LogP contribution in [0.25, 0.3) is 0 Å². The zero-order chi connectivity index (χ0) is 13.1. The molecule has 1 saturated heterocycles. The number of pyridine rings is 1. The second-order valence-corrected chi connectivity index (χ2v) is 4.22. The van der Waals surface area contributed by atoms with Gasteiger partial charge in [0.1, 0.15) is 6.10 Å². The highest BCUT2D eigenvalue weighted by Crippen LogP contribution is 2.23. The molecule has 0 unspecified atom stereocenters. The van der Waals surface area contributed by atoms with Crippen LogP contribution in [0.1, 0.15) is 12.8 Å². The predicted octanol–water partition coefficient (Wildman–Crippen LogP) is 1.31. The molecular weight excluding hydrogens is 260 g/mol. The Morgan fingerprint density at radius 3 is 2.78 bits per heavy atom. The summed E-state index contributed by atoms with van der Waals surface area (Å²) in [6.45, 7) is 0. The number of carboxylic acids is 1. The van der Waals surface area contributed by atoms with Crippen molar-refractivity contribution in [2.24, 2.45) is 0 Å². The molecule has 0 aliphatic carbocycles. The Labute approximate surface area is 108 Å². The van der Waals surface area contributed by atoms with E-state index in [4.69, 9.17) is 21.4 Å². The number of rotatable bonds is 3. The SMILES string of the molecule is O=C(Nc1cccnc1Cl)[C@@H]1CC[C@H](C(=O)O)O1. The number of carbonyl (C=O) groups excluding carboxylic acids is 1. The minimum Gasteiger partial charge on any atom is -0.479 e. The summed E-state index contributed by atoms with van der Waals surface area (Å²) in [7, 11) is 0. The van der Waals surface area contributed by atoms with E-state index >= 15 is 0 Å². The lowest BCUT2D eigenvalue weighted by Crippen LogP contribution is -2.30. The van der Waals surface area contributed by atoms with Gasteiger partial charge in [-0.1, -0.05) is 11.6 Å². The van der Waals surface area contributed by atoms with Gasteiger partial charge in [-0.2, -0.15) is 0 Å². The quantitative estimate of drug-likeness (QED) is 0.809.